The molecular weight excluding hydrogens is 655 g/mol. The van der Waals surface area contributed by atoms with Crippen molar-refractivity contribution < 1.29 is 0 Å². The highest BCUT2D eigenvalue weighted by atomic mass is 15.0. The van der Waals surface area contributed by atoms with Gasteiger partial charge in [-0.3, -0.25) is 0 Å². The molecule has 0 bridgehead atoms. The van der Waals surface area contributed by atoms with Gasteiger partial charge in [0.2, 0.25) is 0 Å². The van der Waals surface area contributed by atoms with Gasteiger partial charge in [-0.05, 0) is 94.9 Å². The van der Waals surface area contributed by atoms with E-state index in [9.17, 15) is 0 Å². The Bertz CT molecular complexity index is 2600. The number of rotatable bonds is 6. The van der Waals surface area contributed by atoms with Crippen molar-refractivity contribution in [2.24, 2.45) is 0 Å². The molecule has 0 aliphatic rings. The molecule has 0 aliphatic carbocycles. The molecule has 0 aliphatic heterocycles. The smallest absolute Gasteiger partial charge is 0.0617 e. The van der Waals surface area contributed by atoms with Crippen molar-refractivity contribution in [3.05, 3.63) is 206 Å². The zero-order valence-corrected chi connectivity index (χ0v) is 31.1. The third-order valence-corrected chi connectivity index (χ3v) is 9.52. The molecule has 0 saturated heterocycles. The van der Waals surface area contributed by atoms with E-state index in [1.54, 1.807) is 0 Å². The number of nitrogens with zero attached hydrogens (tertiary/aromatic N) is 1. The zero-order valence-electron chi connectivity index (χ0n) is 31.1. The monoisotopic (exact) mass is 699 g/mol. The van der Waals surface area contributed by atoms with Crippen LogP contribution in [0, 0.1) is 6.92 Å². The molecule has 0 spiro atoms. The van der Waals surface area contributed by atoms with Crippen LogP contribution in [0.5, 0.6) is 0 Å². The predicted molar refractivity (Wildman–Crippen MR) is 234 cm³/mol. The van der Waals surface area contributed by atoms with Crippen molar-refractivity contribution >= 4 is 38.9 Å². The molecule has 9 rings (SSSR count). The van der Waals surface area contributed by atoms with E-state index in [0.717, 1.165) is 17.1 Å². The molecule has 0 radical (unpaired) electrons. The van der Waals surface area contributed by atoms with E-state index in [1.807, 2.05) is 68.4 Å². The van der Waals surface area contributed by atoms with Crippen LogP contribution in [0.25, 0.3) is 60.9 Å². The fourth-order valence-corrected chi connectivity index (χ4v) is 6.96. The normalized spacial score (nSPS) is 10.6. The highest BCUT2D eigenvalue weighted by Crippen LogP contribution is 2.40. The fourth-order valence-electron chi connectivity index (χ4n) is 6.96. The Morgan fingerprint density at radius 3 is 1.59 bits per heavy atom. The highest BCUT2D eigenvalue weighted by molar-refractivity contribution is 6.11. The summed E-state index contributed by atoms with van der Waals surface area (Å²) in [7, 11) is 0. The summed E-state index contributed by atoms with van der Waals surface area (Å²) < 4.78 is 2.37. The molecule has 8 aromatic carbocycles. The average Bonchev–Trinajstić information content (AvgIpc) is 3.57. The fraction of sp³-hybridized carbons (Fsp3) is 0.0588. The van der Waals surface area contributed by atoms with Crippen molar-refractivity contribution in [1.82, 2.24) is 4.57 Å². The van der Waals surface area contributed by atoms with Crippen molar-refractivity contribution in [3.8, 4) is 39.1 Å². The van der Waals surface area contributed by atoms with E-state index in [0.29, 0.717) is 0 Å². The topological polar surface area (TPSA) is 43.0 Å². The van der Waals surface area contributed by atoms with Crippen LogP contribution < -0.4 is 11.1 Å². The number of fused-ring (bicyclic) bond motifs is 3. The summed E-state index contributed by atoms with van der Waals surface area (Å²) in [5.41, 5.74) is 20.9. The van der Waals surface area contributed by atoms with E-state index >= 15 is 0 Å². The Kier molecular flexibility index (Phi) is 11.0. The first-order chi connectivity index (χ1) is 26.6. The molecule has 0 unspecified atom stereocenters. The lowest BCUT2D eigenvalue weighted by atomic mass is 9.89. The minimum Gasteiger partial charge on any atom is -0.397 e. The van der Waals surface area contributed by atoms with Crippen molar-refractivity contribution in [2.45, 2.75) is 20.8 Å². The van der Waals surface area contributed by atoms with Gasteiger partial charge in [0.1, 0.15) is 0 Å². The summed E-state index contributed by atoms with van der Waals surface area (Å²) >= 11 is 0. The van der Waals surface area contributed by atoms with Gasteiger partial charge in [0.15, 0.2) is 0 Å². The average molecular weight is 700 g/mol. The molecular formula is C51H45N3. The van der Waals surface area contributed by atoms with E-state index < -0.39 is 0 Å². The first-order valence-electron chi connectivity index (χ1n) is 18.6. The standard InChI is InChI=1S/C37H27N.C12H12N2.C2H6/c1-26-19-21-27(22-20-26)30-13-5-7-15-32(30)33-16-8-6-14-31(33)28-23-24-37-35(25-28)34-17-9-10-18-36(34)38(37)29-11-3-2-4-12-29;13-11-8-4-5-9-12(11)14-10-6-2-1-3-7-10;1-2/h2-25H,1H3;1-9,14H,13H2;1-2H3. The lowest BCUT2D eigenvalue weighted by Crippen LogP contribution is -1.94. The van der Waals surface area contributed by atoms with Crippen molar-refractivity contribution in [2.75, 3.05) is 11.1 Å². The maximum absolute atomic E-state index is 5.81. The number of nitrogens with one attached hydrogen (secondary N) is 1. The third kappa shape index (κ3) is 7.53. The highest BCUT2D eigenvalue weighted by Gasteiger charge is 2.16. The first-order valence-corrected chi connectivity index (χ1v) is 18.6. The number of nitrogens with two attached hydrogens (primary N) is 1. The van der Waals surface area contributed by atoms with Gasteiger partial charge in [-0.1, -0.05) is 165 Å². The van der Waals surface area contributed by atoms with Gasteiger partial charge in [0, 0.05) is 22.1 Å². The van der Waals surface area contributed by atoms with Crippen LogP contribution in [-0.2, 0) is 0 Å². The summed E-state index contributed by atoms with van der Waals surface area (Å²) in [6, 6.07) is 70.3. The molecule has 0 amide bonds. The molecule has 9 aromatic rings. The second-order valence-electron chi connectivity index (χ2n) is 13.0. The summed E-state index contributed by atoms with van der Waals surface area (Å²) in [6.07, 6.45) is 0. The predicted octanol–water partition coefficient (Wildman–Crippen LogP) is 14.1. The number of aromatic nitrogens is 1. The van der Waals surface area contributed by atoms with Crippen molar-refractivity contribution in [1.29, 1.82) is 0 Å². The molecule has 3 N–H and O–H groups in total. The minimum absolute atomic E-state index is 0.761. The largest absolute Gasteiger partial charge is 0.397 e. The van der Waals surface area contributed by atoms with Crippen molar-refractivity contribution in [3.63, 3.8) is 0 Å². The second-order valence-corrected chi connectivity index (χ2v) is 13.0. The van der Waals surface area contributed by atoms with Crippen LogP contribution in [0.3, 0.4) is 0 Å². The molecule has 3 heteroatoms. The second kappa shape index (κ2) is 16.7. The lowest BCUT2D eigenvalue weighted by Gasteiger charge is -2.15. The number of nitrogen functional groups attached to an aromatic ring is 1. The van der Waals surface area contributed by atoms with E-state index in [-0.39, 0.29) is 0 Å². The van der Waals surface area contributed by atoms with Gasteiger partial charge in [-0.15, -0.1) is 0 Å². The Hall–Kier alpha value is -6.84. The van der Waals surface area contributed by atoms with Crippen LogP contribution in [0.4, 0.5) is 17.1 Å². The lowest BCUT2D eigenvalue weighted by molar-refractivity contribution is 1.18. The number of para-hydroxylation sites is 5. The minimum atomic E-state index is 0.761. The molecule has 0 saturated carbocycles. The van der Waals surface area contributed by atoms with Crippen LogP contribution in [0.1, 0.15) is 19.4 Å². The summed E-state index contributed by atoms with van der Waals surface area (Å²) in [4.78, 5) is 0. The molecule has 0 fully saturated rings. The van der Waals surface area contributed by atoms with Gasteiger partial charge in [-0.2, -0.15) is 0 Å². The number of aryl methyl sites for hydroxylation is 1. The molecule has 54 heavy (non-hydrogen) atoms. The van der Waals surface area contributed by atoms with Crippen LogP contribution in [0.2, 0.25) is 0 Å². The van der Waals surface area contributed by atoms with Gasteiger partial charge in [-0.25, -0.2) is 0 Å². The Morgan fingerprint density at radius 2 is 0.926 bits per heavy atom. The Balaban J connectivity index is 0.000000236. The summed E-state index contributed by atoms with van der Waals surface area (Å²) in [5.74, 6) is 0. The van der Waals surface area contributed by atoms with Gasteiger partial charge >= 0.3 is 0 Å². The Labute approximate surface area is 319 Å². The van der Waals surface area contributed by atoms with E-state index in [2.05, 4.69) is 162 Å². The number of hydrogen-bond donors (Lipinski definition) is 2. The molecule has 0 atom stereocenters. The third-order valence-electron chi connectivity index (χ3n) is 9.52. The van der Waals surface area contributed by atoms with Gasteiger partial charge < -0.3 is 15.6 Å². The number of anilines is 3. The summed E-state index contributed by atoms with van der Waals surface area (Å²) in [5, 5.41) is 5.78. The van der Waals surface area contributed by atoms with Crippen LogP contribution in [-0.4, -0.2) is 4.57 Å². The van der Waals surface area contributed by atoms with Gasteiger partial charge in [0.05, 0.1) is 22.4 Å². The molecule has 264 valence electrons. The van der Waals surface area contributed by atoms with Crippen LogP contribution >= 0.6 is 0 Å². The SMILES string of the molecule is CC.Cc1ccc(-c2ccccc2-c2ccccc2-c2ccc3c(c2)c2ccccc2n3-c2ccccc2)cc1.Nc1ccccc1Nc1ccccc1. The van der Waals surface area contributed by atoms with Crippen LogP contribution in [0.15, 0.2) is 200 Å². The van der Waals surface area contributed by atoms with Gasteiger partial charge in [0.25, 0.3) is 0 Å². The van der Waals surface area contributed by atoms with E-state index in [4.69, 9.17) is 5.73 Å². The zero-order chi connectivity index (χ0) is 37.3. The summed E-state index contributed by atoms with van der Waals surface area (Å²) in [6.45, 7) is 6.13. The first kappa shape index (κ1) is 35.6. The quantitative estimate of drug-likeness (QED) is 0.170. The number of hydrogen-bond acceptors (Lipinski definition) is 2. The Morgan fingerprint density at radius 1 is 0.426 bits per heavy atom. The van der Waals surface area contributed by atoms with E-state index in [1.165, 1.54) is 66.4 Å². The number of benzene rings is 8. The maximum Gasteiger partial charge on any atom is 0.0617 e. The molecule has 1 aromatic heterocycles. The molecule has 1 heterocycles. The maximum atomic E-state index is 5.81. The molecule has 3 nitrogen and oxygen atoms in total.